The van der Waals surface area contributed by atoms with Gasteiger partial charge in [0, 0.05) is 18.5 Å². The van der Waals surface area contributed by atoms with Crippen molar-refractivity contribution in [2.24, 2.45) is 11.8 Å². The number of anilines is 1. The van der Waals surface area contributed by atoms with Gasteiger partial charge < -0.3 is 10.0 Å². The van der Waals surface area contributed by atoms with Crippen LogP contribution in [0.5, 0.6) is 0 Å². The Morgan fingerprint density at radius 1 is 1.38 bits per heavy atom. The Bertz CT molecular complexity index is 682. The normalized spacial score (nSPS) is 18.6. The van der Waals surface area contributed by atoms with Crippen LogP contribution in [-0.4, -0.2) is 29.1 Å². The van der Waals surface area contributed by atoms with E-state index in [4.69, 9.17) is 0 Å². The summed E-state index contributed by atoms with van der Waals surface area (Å²) in [6, 6.07) is 9.41. The van der Waals surface area contributed by atoms with Crippen LogP contribution in [0.25, 0.3) is 10.9 Å². The zero-order chi connectivity index (χ0) is 15.0. The summed E-state index contributed by atoms with van der Waals surface area (Å²) in [6.45, 7) is 6.22. The Balaban J connectivity index is 2.04. The molecule has 3 rings (SSSR count). The van der Waals surface area contributed by atoms with Crippen molar-refractivity contribution < 1.29 is 9.90 Å². The molecule has 1 unspecified atom stereocenters. The average Bonchev–Trinajstić information content (AvgIpc) is 2.95. The number of nitrogens with zero attached hydrogens (tertiary/aromatic N) is 2. The van der Waals surface area contributed by atoms with Crippen molar-refractivity contribution in [3.8, 4) is 0 Å². The van der Waals surface area contributed by atoms with Crippen molar-refractivity contribution in [1.29, 1.82) is 0 Å². The monoisotopic (exact) mass is 284 g/mol. The van der Waals surface area contributed by atoms with E-state index in [1.807, 2.05) is 24.3 Å². The van der Waals surface area contributed by atoms with Crippen molar-refractivity contribution in [3.63, 3.8) is 0 Å². The quantitative estimate of drug-likeness (QED) is 0.938. The number of pyridine rings is 1. The van der Waals surface area contributed by atoms with Crippen molar-refractivity contribution in [2.75, 3.05) is 18.0 Å². The van der Waals surface area contributed by atoms with E-state index in [0.717, 1.165) is 30.4 Å². The van der Waals surface area contributed by atoms with E-state index >= 15 is 0 Å². The highest BCUT2D eigenvalue weighted by molar-refractivity contribution is 5.98. The van der Waals surface area contributed by atoms with Gasteiger partial charge >= 0.3 is 5.97 Å². The molecule has 110 valence electrons. The molecular formula is C17H20N2O2. The number of hydrogen-bond acceptors (Lipinski definition) is 3. The first-order chi connectivity index (χ1) is 10.1. The fraction of sp³-hybridized carbons (Fsp3) is 0.412. The van der Waals surface area contributed by atoms with Crippen molar-refractivity contribution >= 4 is 22.7 Å². The Labute approximate surface area is 124 Å². The van der Waals surface area contributed by atoms with Gasteiger partial charge in [-0.2, -0.15) is 0 Å². The lowest BCUT2D eigenvalue weighted by Crippen LogP contribution is -2.24. The molecule has 0 saturated carbocycles. The number of fused-ring (bicyclic) bond motifs is 1. The second kappa shape index (κ2) is 5.35. The van der Waals surface area contributed by atoms with Crippen LogP contribution in [-0.2, 0) is 0 Å². The van der Waals surface area contributed by atoms with E-state index in [1.54, 1.807) is 6.07 Å². The molecule has 2 aromatic rings. The molecule has 1 saturated heterocycles. The predicted octanol–water partition coefficient (Wildman–Crippen LogP) is 3.42. The first-order valence-corrected chi connectivity index (χ1v) is 7.44. The van der Waals surface area contributed by atoms with Crippen LogP contribution in [0.15, 0.2) is 30.3 Å². The van der Waals surface area contributed by atoms with Crippen molar-refractivity contribution in [1.82, 2.24) is 4.98 Å². The van der Waals surface area contributed by atoms with Crippen LogP contribution in [0.1, 0.15) is 30.6 Å². The molecule has 1 fully saturated rings. The summed E-state index contributed by atoms with van der Waals surface area (Å²) in [5.74, 6) is 0.934. The summed E-state index contributed by atoms with van der Waals surface area (Å²) in [5, 5.41) is 10.4. The first kappa shape index (κ1) is 13.9. The standard InChI is InChI=1S/C17H20N2O2/c1-11(2)13-7-8-19(10-13)16-14(17(20)21)9-12-5-3-4-6-15(12)18-16/h3-6,9,11,13H,7-8,10H2,1-2H3,(H,20,21). The smallest absolute Gasteiger partial charge is 0.339 e. The summed E-state index contributed by atoms with van der Waals surface area (Å²) >= 11 is 0. The number of carboxylic acids is 1. The fourth-order valence-corrected chi connectivity index (χ4v) is 3.03. The molecule has 1 aromatic heterocycles. The van der Waals surface area contributed by atoms with Gasteiger partial charge in [0.2, 0.25) is 0 Å². The zero-order valence-electron chi connectivity index (χ0n) is 12.4. The Morgan fingerprint density at radius 3 is 2.81 bits per heavy atom. The van der Waals surface area contributed by atoms with Gasteiger partial charge in [0.1, 0.15) is 11.4 Å². The minimum atomic E-state index is -0.906. The Kier molecular flexibility index (Phi) is 3.53. The molecule has 1 aliphatic heterocycles. The van der Waals surface area contributed by atoms with E-state index < -0.39 is 5.97 Å². The van der Waals surface area contributed by atoms with E-state index in [0.29, 0.717) is 23.2 Å². The predicted molar refractivity (Wildman–Crippen MR) is 83.9 cm³/mol. The van der Waals surface area contributed by atoms with Crippen LogP contribution in [0.4, 0.5) is 5.82 Å². The second-order valence-electron chi connectivity index (χ2n) is 6.10. The largest absolute Gasteiger partial charge is 0.478 e. The van der Waals surface area contributed by atoms with Gasteiger partial charge in [-0.05, 0) is 30.4 Å². The Hall–Kier alpha value is -2.10. The molecule has 0 bridgehead atoms. The number of benzene rings is 1. The lowest BCUT2D eigenvalue weighted by atomic mass is 9.95. The number of aromatic nitrogens is 1. The van der Waals surface area contributed by atoms with Crippen LogP contribution < -0.4 is 4.90 Å². The van der Waals surface area contributed by atoms with Crippen LogP contribution in [0, 0.1) is 11.8 Å². The SMILES string of the molecule is CC(C)C1CCN(c2nc3ccccc3cc2C(=O)O)C1. The molecule has 0 amide bonds. The molecule has 1 N–H and O–H groups in total. The van der Waals surface area contributed by atoms with Crippen molar-refractivity contribution in [2.45, 2.75) is 20.3 Å². The van der Waals surface area contributed by atoms with E-state index in [1.165, 1.54) is 0 Å². The van der Waals surface area contributed by atoms with Gasteiger partial charge in [0.15, 0.2) is 0 Å². The molecule has 2 heterocycles. The Morgan fingerprint density at radius 2 is 2.14 bits per heavy atom. The maximum absolute atomic E-state index is 11.6. The highest BCUT2D eigenvalue weighted by Crippen LogP contribution is 2.31. The number of hydrogen-bond donors (Lipinski definition) is 1. The lowest BCUT2D eigenvalue weighted by Gasteiger charge is -2.21. The third kappa shape index (κ3) is 2.58. The van der Waals surface area contributed by atoms with Gasteiger partial charge in [-0.15, -0.1) is 0 Å². The van der Waals surface area contributed by atoms with E-state index in [-0.39, 0.29) is 0 Å². The van der Waals surface area contributed by atoms with Crippen LogP contribution in [0.2, 0.25) is 0 Å². The first-order valence-electron chi connectivity index (χ1n) is 7.44. The highest BCUT2D eigenvalue weighted by atomic mass is 16.4. The molecule has 4 heteroatoms. The van der Waals surface area contributed by atoms with Gasteiger partial charge in [-0.1, -0.05) is 32.0 Å². The molecule has 1 aromatic carbocycles. The summed E-state index contributed by atoms with van der Waals surface area (Å²) in [5.41, 5.74) is 1.16. The molecule has 21 heavy (non-hydrogen) atoms. The van der Waals surface area contributed by atoms with Gasteiger partial charge in [-0.3, -0.25) is 0 Å². The zero-order valence-corrected chi connectivity index (χ0v) is 12.4. The van der Waals surface area contributed by atoms with Crippen LogP contribution in [0.3, 0.4) is 0 Å². The molecule has 1 aliphatic rings. The maximum Gasteiger partial charge on any atom is 0.339 e. The molecular weight excluding hydrogens is 264 g/mol. The average molecular weight is 284 g/mol. The maximum atomic E-state index is 11.6. The number of aromatic carboxylic acids is 1. The summed E-state index contributed by atoms with van der Waals surface area (Å²) in [6.07, 6.45) is 1.10. The topological polar surface area (TPSA) is 53.4 Å². The molecule has 4 nitrogen and oxygen atoms in total. The molecule has 1 atom stereocenters. The van der Waals surface area contributed by atoms with Gasteiger partial charge in [0.05, 0.1) is 5.52 Å². The molecule has 0 radical (unpaired) electrons. The second-order valence-corrected chi connectivity index (χ2v) is 6.10. The lowest BCUT2D eigenvalue weighted by molar-refractivity contribution is 0.0697. The third-order valence-electron chi connectivity index (χ3n) is 4.40. The van der Waals surface area contributed by atoms with Crippen molar-refractivity contribution in [3.05, 3.63) is 35.9 Å². The van der Waals surface area contributed by atoms with Gasteiger partial charge in [-0.25, -0.2) is 9.78 Å². The summed E-state index contributed by atoms with van der Waals surface area (Å²) in [7, 11) is 0. The van der Waals surface area contributed by atoms with Crippen LogP contribution >= 0.6 is 0 Å². The van der Waals surface area contributed by atoms with Gasteiger partial charge in [0.25, 0.3) is 0 Å². The number of para-hydroxylation sites is 1. The van der Waals surface area contributed by atoms with E-state index in [9.17, 15) is 9.90 Å². The molecule has 0 aliphatic carbocycles. The third-order valence-corrected chi connectivity index (χ3v) is 4.40. The minimum Gasteiger partial charge on any atom is -0.478 e. The summed E-state index contributed by atoms with van der Waals surface area (Å²) in [4.78, 5) is 18.3. The number of carbonyl (C=O) groups is 1. The minimum absolute atomic E-state index is 0.304. The molecule has 0 spiro atoms. The fourth-order valence-electron chi connectivity index (χ4n) is 3.03. The number of rotatable bonds is 3. The highest BCUT2D eigenvalue weighted by Gasteiger charge is 2.28. The van der Waals surface area contributed by atoms with E-state index in [2.05, 4.69) is 23.7 Å². The summed E-state index contributed by atoms with van der Waals surface area (Å²) < 4.78 is 0. The number of carboxylic acid groups (broad SMARTS) is 1.